The molecule has 1 amide bonds. The van der Waals surface area contributed by atoms with Gasteiger partial charge in [0.05, 0.1) is 11.4 Å². The lowest BCUT2D eigenvalue weighted by atomic mass is 10.0. The van der Waals surface area contributed by atoms with Crippen LogP contribution >= 0.6 is 34.4 Å². The molecule has 0 radical (unpaired) electrons. The van der Waals surface area contributed by atoms with Crippen molar-refractivity contribution in [3.63, 3.8) is 0 Å². The van der Waals surface area contributed by atoms with Gasteiger partial charge in [0.25, 0.3) is 0 Å². The zero-order valence-electron chi connectivity index (χ0n) is 16.6. The molecule has 0 saturated heterocycles. The molecule has 3 aromatic rings. The van der Waals surface area contributed by atoms with E-state index < -0.39 is 0 Å². The molecule has 2 aromatic heterocycles. The standard InChI is InChI=1S/C19H23N5OS3/c1-6-20-17-22-23-19(28-17)27-10-15-9-26-18(21-15)24(14(5)25)16-12(3)7-11(2)8-13(16)4/h7-9H,6,10H2,1-5H3,(H,20,22). The van der Waals surface area contributed by atoms with Crippen molar-refractivity contribution in [3.8, 4) is 0 Å². The Kier molecular flexibility index (Phi) is 6.69. The van der Waals surface area contributed by atoms with Crippen LogP contribution in [0, 0.1) is 20.8 Å². The maximum Gasteiger partial charge on any atom is 0.230 e. The summed E-state index contributed by atoms with van der Waals surface area (Å²) < 4.78 is 0.902. The predicted molar refractivity (Wildman–Crippen MR) is 119 cm³/mol. The molecule has 148 valence electrons. The normalized spacial score (nSPS) is 10.9. The molecule has 0 fully saturated rings. The third kappa shape index (κ3) is 4.71. The van der Waals surface area contributed by atoms with Crippen molar-refractivity contribution in [3.05, 3.63) is 39.9 Å². The SMILES string of the molecule is CCNc1nnc(SCc2csc(N(C(C)=O)c3c(C)cc(C)cc3C)n2)s1. The zero-order chi connectivity index (χ0) is 20.3. The van der Waals surface area contributed by atoms with Crippen LogP contribution in [0.5, 0.6) is 0 Å². The first-order valence-corrected chi connectivity index (χ1v) is 11.6. The molecule has 0 saturated carbocycles. The lowest BCUT2D eigenvalue weighted by molar-refractivity contribution is -0.115. The molecule has 1 N–H and O–H groups in total. The van der Waals surface area contributed by atoms with Crippen LogP contribution in [0.4, 0.5) is 16.0 Å². The number of aromatic nitrogens is 3. The van der Waals surface area contributed by atoms with Crippen molar-refractivity contribution in [1.29, 1.82) is 0 Å². The number of thiazole rings is 1. The molecule has 6 nitrogen and oxygen atoms in total. The van der Waals surface area contributed by atoms with Gasteiger partial charge in [-0.2, -0.15) is 0 Å². The van der Waals surface area contributed by atoms with Crippen LogP contribution in [0.2, 0.25) is 0 Å². The van der Waals surface area contributed by atoms with Crippen LogP contribution in [-0.4, -0.2) is 27.6 Å². The van der Waals surface area contributed by atoms with Crippen LogP contribution in [0.25, 0.3) is 0 Å². The Hall–Kier alpha value is -1.97. The van der Waals surface area contributed by atoms with E-state index in [0.717, 1.165) is 38.5 Å². The molecule has 0 aliphatic heterocycles. The zero-order valence-corrected chi connectivity index (χ0v) is 19.0. The number of anilines is 3. The lowest BCUT2D eigenvalue weighted by Crippen LogP contribution is -2.24. The summed E-state index contributed by atoms with van der Waals surface area (Å²) >= 11 is 4.63. The Morgan fingerprint density at radius 3 is 2.57 bits per heavy atom. The summed E-state index contributed by atoms with van der Waals surface area (Å²) in [5.74, 6) is 0.650. The van der Waals surface area contributed by atoms with Gasteiger partial charge in [-0.15, -0.1) is 21.5 Å². The van der Waals surface area contributed by atoms with Crippen molar-refractivity contribution in [1.82, 2.24) is 15.2 Å². The first-order valence-electron chi connectivity index (χ1n) is 8.92. The largest absolute Gasteiger partial charge is 0.360 e. The van der Waals surface area contributed by atoms with E-state index in [4.69, 9.17) is 4.98 Å². The molecule has 0 aliphatic carbocycles. The van der Waals surface area contributed by atoms with E-state index in [0.29, 0.717) is 10.9 Å². The number of amides is 1. The average molecular weight is 434 g/mol. The molecule has 28 heavy (non-hydrogen) atoms. The van der Waals surface area contributed by atoms with Gasteiger partial charge in [0.2, 0.25) is 11.0 Å². The van der Waals surface area contributed by atoms with Gasteiger partial charge in [-0.05, 0) is 38.8 Å². The summed E-state index contributed by atoms with van der Waals surface area (Å²) in [7, 11) is 0. The predicted octanol–water partition coefficient (Wildman–Crippen LogP) is 5.33. The molecule has 0 bridgehead atoms. The summed E-state index contributed by atoms with van der Waals surface area (Å²) in [5.41, 5.74) is 5.18. The summed E-state index contributed by atoms with van der Waals surface area (Å²) in [6, 6.07) is 4.19. The number of rotatable bonds is 7. The van der Waals surface area contributed by atoms with Crippen LogP contribution in [0.1, 0.15) is 36.2 Å². The quantitative estimate of drug-likeness (QED) is 0.508. The molecule has 3 rings (SSSR count). The first-order chi connectivity index (χ1) is 13.4. The second kappa shape index (κ2) is 9.02. The maximum atomic E-state index is 12.5. The molecule has 1 aromatic carbocycles. The Bertz CT molecular complexity index is 959. The van der Waals surface area contributed by atoms with Gasteiger partial charge in [0, 0.05) is 24.6 Å². The number of nitrogens with one attached hydrogen (secondary N) is 1. The van der Waals surface area contributed by atoms with Crippen LogP contribution in [0.3, 0.4) is 0 Å². The number of benzene rings is 1. The lowest BCUT2D eigenvalue weighted by Gasteiger charge is -2.23. The highest BCUT2D eigenvalue weighted by molar-refractivity contribution is 8.00. The highest BCUT2D eigenvalue weighted by Gasteiger charge is 2.22. The molecular formula is C19H23N5OS3. The summed E-state index contributed by atoms with van der Waals surface area (Å²) in [5, 5.41) is 15.0. The van der Waals surface area contributed by atoms with Crippen LogP contribution in [0.15, 0.2) is 21.9 Å². The van der Waals surface area contributed by atoms with Crippen molar-refractivity contribution in [2.75, 3.05) is 16.8 Å². The van der Waals surface area contributed by atoms with Gasteiger partial charge in [-0.25, -0.2) is 4.98 Å². The number of hydrogen-bond donors (Lipinski definition) is 1. The summed E-state index contributed by atoms with van der Waals surface area (Å²) in [6.45, 7) is 10.6. The molecule has 9 heteroatoms. The number of thioether (sulfide) groups is 1. The van der Waals surface area contributed by atoms with E-state index in [9.17, 15) is 4.79 Å². The minimum atomic E-state index is -0.0389. The van der Waals surface area contributed by atoms with Crippen molar-refractivity contribution < 1.29 is 4.79 Å². The van der Waals surface area contributed by atoms with E-state index in [1.54, 1.807) is 23.6 Å². The number of hydrogen-bond acceptors (Lipinski definition) is 8. The fraction of sp³-hybridized carbons (Fsp3) is 0.368. The minimum absolute atomic E-state index is 0.0389. The third-order valence-electron chi connectivity index (χ3n) is 3.98. The van der Waals surface area contributed by atoms with Gasteiger partial charge in [0.15, 0.2) is 9.47 Å². The number of aryl methyl sites for hydroxylation is 3. The fourth-order valence-electron chi connectivity index (χ4n) is 3.00. The maximum absolute atomic E-state index is 12.5. The summed E-state index contributed by atoms with van der Waals surface area (Å²) in [4.78, 5) is 18.9. The van der Waals surface area contributed by atoms with E-state index >= 15 is 0 Å². The molecule has 0 atom stereocenters. The topological polar surface area (TPSA) is 71.0 Å². The average Bonchev–Trinajstić information content (AvgIpc) is 3.25. The number of nitrogens with zero attached hydrogens (tertiary/aromatic N) is 4. The Labute approximate surface area is 177 Å². The number of carbonyl (C=O) groups excluding carboxylic acids is 1. The van der Waals surface area contributed by atoms with E-state index in [-0.39, 0.29) is 5.91 Å². The Morgan fingerprint density at radius 1 is 1.21 bits per heavy atom. The van der Waals surface area contributed by atoms with Gasteiger partial charge < -0.3 is 5.32 Å². The monoisotopic (exact) mass is 433 g/mol. The van der Waals surface area contributed by atoms with Gasteiger partial charge >= 0.3 is 0 Å². The van der Waals surface area contributed by atoms with E-state index in [1.807, 2.05) is 26.2 Å². The van der Waals surface area contributed by atoms with Crippen LogP contribution < -0.4 is 10.2 Å². The van der Waals surface area contributed by atoms with Gasteiger partial charge in [-0.1, -0.05) is 40.8 Å². The van der Waals surface area contributed by atoms with Crippen LogP contribution in [-0.2, 0) is 10.5 Å². The second-order valence-electron chi connectivity index (χ2n) is 6.42. The van der Waals surface area contributed by atoms with Crippen molar-refractivity contribution >= 4 is 56.3 Å². The Morgan fingerprint density at radius 2 is 1.93 bits per heavy atom. The van der Waals surface area contributed by atoms with Gasteiger partial charge in [0.1, 0.15) is 0 Å². The van der Waals surface area contributed by atoms with Crippen molar-refractivity contribution in [2.45, 2.75) is 44.7 Å². The molecule has 0 spiro atoms. The fourth-order valence-corrected chi connectivity index (χ4v) is 5.70. The van der Waals surface area contributed by atoms with E-state index in [1.165, 1.54) is 28.2 Å². The van der Waals surface area contributed by atoms with E-state index in [2.05, 4.69) is 34.6 Å². The Balaban J connectivity index is 1.79. The number of carbonyl (C=O) groups is 1. The molecular weight excluding hydrogens is 410 g/mol. The minimum Gasteiger partial charge on any atom is -0.360 e. The second-order valence-corrected chi connectivity index (χ2v) is 9.45. The molecule has 2 heterocycles. The summed E-state index contributed by atoms with van der Waals surface area (Å²) in [6.07, 6.45) is 0. The highest BCUT2D eigenvalue weighted by Crippen LogP contribution is 2.36. The molecule has 0 aliphatic rings. The van der Waals surface area contributed by atoms with Gasteiger partial charge in [-0.3, -0.25) is 9.69 Å². The molecule has 0 unspecified atom stereocenters. The smallest absolute Gasteiger partial charge is 0.230 e. The third-order valence-corrected chi connectivity index (χ3v) is 6.91. The van der Waals surface area contributed by atoms with Crippen molar-refractivity contribution in [2.24, 2.45) is 0 Å². The first kappa shape index (κ1) is 20.8. The highest BCUT2D eigenvalue weighted by atomic mass is 32.2.